The molecule has 1 aromatic heterocycles. The van der Waals surface area contributed by atoms with E-state index >= 15 is 0 Å². The summed E-state index contributed by atoms with van der Waals surface area (Å²) in [4.78, 5) is 19.9. The molecular formula is C22H22Cl2N4O. The maximum absolute atomic E-state index is 11.2. The van der Waals surface area contributed by atoms with E-state index in [9.17, 15) is 4.79 Å². The van der Waals surface area contributed by atoms with Gasteiger partial charge in [0.05, 0.1) is 12.1 Å². The zero-order valence-electron chi connectivity index (χ0n) is 16.3. The third-order valence-corrected chi connectivity index (χ3v) is 6.06. The summed E-state index contributed by atoms with van der Waals surface area (Å²) >= 11 is 13.0. The van der Waals surface area contributed by atoms with E-state index in [0.29, 0.717) is 6.54 Å². The van der Waals surface area contributed by atoms with E-state index < -0.39 is 4.46 Å². The SMILES string of the molecule is CC(=O)Nc1ccc(-c2ccc3nccc(N4CCN(C)C(Cl)(Cl)C4)c3c2)cc1. The number of benzene rings is 2. The molecule has 5 nitrogen and oxygen atoms in total. The molecule has 2 aromatic carbocycles. The van der Waals surface area contributed by atoms with Crippen molar-refractivity contribution in [3.63, 3.8) is 0 Å². The molecule has 0 bridgehead atoms. The maximum atomic E-state index is 11.2. The van der Waals surface area contributed by atoms with Crippen LogP contribution in [0.25, 0.3) is 22.0 Å². The van der Waals surface area contributed by atoms with E-state index in [1.165, 1.54) is 6.92 Å². The zero-order valence-corrected chi connectivity index (χ0v) is 17.8. The summed E-state index contributed by atoms with van der Waals surface area (Å²) in [6, 6.07) is 16.1. The van der Waals surface area contributed by atoms with Crippen LogP contribution in [0.3, 0.4) is 0 Å². The van der Waals surface area contributed by atoms with Crippen molar-refractivity contribution in [2.75, 3.05) is 36.9 Å². The molecule has 1 aliphatic rings. The van der Waals surface area contributed by atoms with Gasteiger partial charge in [0.2, 0.25) is 5.91 Å². The summed E-state index contributed by atoms with van der Waals surface area (Å²) in [5.74, 6) is -0.0824. The fraction of sp³-hybridized carbons (Fsp3) is 0.273. The zero-order chi connectivity index (χ0) is 20.6. The molecule has 1 N–H and O–H groups in total. The van der Waals surface area contributed by atoms with Crippen molar-refractivity contribution in [2.24, 2.45) is 0 Å². The molecule has 1 amide bonds. The molecule has 1 fully saturated rings. The second kappa shape index (κ2) is 7.82. The van der Waals surface area contributed by atoms with E-state index in [2.05, 4.69) is 27.3 Å². The molecule has 2 heterocycles. The van der Waals surface area contributed by atoms with Crippen LogP contribution in [0.5, 0.6) is 0 Å². The monoisotopic (exact) mass is 428 g/mol. The van der Waals surface area contributed by atoms with Gasteiger partial charge in [0.15, 0.2) is 4.46 Å². The van der Waals surface area contributed by atoms with Crippen LogP contribution >= 0.6 is 23.2 Å². The first-order valence-electron chi connectivity index (χ1n) is 9.44. The van der Waals surface area contributed by atoms with Crippen molar-refractivity contribution >= 4 is 51.4 Å². The highest BCUT2D eigenvalue weighted by atomic mass is 35.5. The molecule has 0 aliphatic carbocycles. The third kappa shape index (κ3) is 4.17. The van der Waals surface area contributed by atoms with Crippen LogP contribution in [-0.4, -0.2) is 46.9 Å². The minimum absolute atomic E-state index is 0.0824. The molecule has 1 saturated heterocycles. The van der Waals surface area contributed by atoms with E-state index in [4.69, 9.17) is 23.2 Å². The minimum atomic E-state index is -0.926. The first-order valence-corrected chi connectivity index (χ1v) is 10.2. The number of rotatable bonds is 3. The second-order valence-electron chi connectivity index (χ2n) is 7.33. The van der Waals surface area contributed by atoms with Crippen molar-refractivity contribution in [1.82, 2.24) is 9.88 Å². The number of amides is 1. The number of piperazine rings is 1. The number of carbonyl (C=O) groups excluding carboxylic acids is 1. The average molecular weight is 429 g/mol. The first-order chi connectivity index (χ1) is 13.8. The molecule has 29 heavy (non-hydrogen) atoms. The topological polar surface area (TPSA) is 48.5 Å². The van der Waals surface area contributed by atoms with Crippen LogP contribution < -0.4 is 10.2 Å². The molecule has 0 saturated carbocycles. The standard InChI is InChI=1S/C22H22Cl2N4O/c1-15(29)26-18-6-3-16(4-7-18)17-5-8-20-19(13-17)21(9-10-25-20)28-12-11-27(2)22(23,24)14-28/h3-10,13H,11-12,14H2,1-2H3,(H,26,29). The fourth-order valence-electron chi connectivity index (χ4n) is 3.61. The molecule has 150 valence electrons. The smallest absolute Gasteiger partial charge is 0.221 e. The van der Waals surface area contributed by atoms with Crippen LogP contribution in [0.2, 0.25) is 0 Å². The third-order valence-electron chi connectivity index (χ3n) is 5.24. The molecule has 7 heteroatoms. The number of pyridine rings is 1. The number of alkyl halides is 2. The van der Waals surface area contributed by atoms with Gasteiger partial charge >= 0.3 is 0 Å². The Hall–Kier alpha value is -2.34. The summed E-state index contributed by atoms with van der Waals surface area (Å²) in [6.07, 6.45) is 1.82. The van der Waals surface area contributed by atoms with E-state index in [-0.39, 0.29) is 5.91 Å². The predicted molar refractivity (Wildman–Crippen MR) is 121 cm³/mol. The van der Waals surface area contributed by atoms with Gasteiger partial charge < -0.3 is 10.2 Å². The Labute approximate surface area is 180 Å². The van der Waals surface area contributed by atoms with Gasteiger partial charge in [0, 0.05) is 43.0 Å². The highest BCUT2D eigenvalue weighted by Crippen LogP contribution is 2.35. The lowest BCUT2D eigenvalue weighted by molar-refractivity contribution is -0.114. The van der Waals surface area contributed by atoms with Crippen LogP contribution in [0.4, 0.5) is 11.4 Å². The largest absolute Gasteiger partial charge is 0.365 e. The molecule has 1 aliphatic heterocycles. The van der Waals surface area contributed by atoms with Crippen LogP contribution in [0.15, 0.2) is 54.7 Å². The highest BCUT2D eigenvalue weighted by molar-refractivity contribution is 6.48. The molecule has 3 aromatic rings. The van der Waals surface area contributed by atoms with E-state index in [1.54, 1.807) is 0 Å². The van der Waals surface area contributed by atoms with Gasteiger partial charge in [-0.05, 0) is 48.5 Å². The average Bonchev–Trinajstić information content (AvgIpc) is 2.69. The van der Waals surface area contributed by atoms with Crippen molar-refractivity contribution < 1.29 is 4.79 Å². The molecule has 4 rings (SSSR count). The lowest BCUT2D eigenvalue weighted by Crippen LogP contribution is -2.55. The predicted octanol–water partition coefficient (Wildman–Crippen LogP) is 4.74. The van der Waals surface area contributed by atoms with E-state index in [1.807, 2.05) is 54.5 Å². The van der Waals surface area contributed by atoms with Crippen molar-refractivity contribution in [2.45, 2.75) is 11.4 Å². The lowest BCUT2D eigenvalue weighted by atomic mass is 10.0. The Balaban J connectivity index is 1.70. The number of aromatic nitrogens is 1. The molecule has 0 unspecified atom stereocenters. The van der Waals surface area contributed by atoms with Gasteiger partial charge in [-0.2, -0.15) is 0 Å². The normalized spacial score (nSPS) is 16.8. The lowest BCUT2D eigenvalue weighted by Gasteiger charge is -2.42. The summed E-state index contributed by atoms with van der Waals surface area (Å²) in [6.45, 7) is 3.63. The highest BCUT2D eigenvalue weighted by Gasteiger charge is 2.36. The Kier molecular flexibility index (Phi) is 5.38. The molecular weight excluding hydrogens is 407 g/mol. The van der Waals surface area contributed by atoms with Gasteiger partial charge in [0.25, 0.3) is 0 Å². The van der Waals surface area contributed by atoms with Crippen LogP contribution in [-0.2, 0) is 4.79 Å². The fourth-order valence-corrected chi connectivity index (χ4v) is 4.06. The van der Waals surface area contributed by atoms with Crippen molar-refractivity contribution in [3.05, 3.63) is 54.7 Å². The Bertz CT molecular complexity index is 1050. The number of hydrogen-bond donors (Lipinski definition) is 1. The Morgan fingerprint density at radius 2 is 1.79 bits per heavy atom. The number of likely N-dealkylation sites (N-methyl/N-ethyl adjacent to an activating group) is 1. The summed E-state index contributed by atoms with van der Waals surface area (Å²) in [5.41, 5.74) is 4.93. The van der Waals surface area contributed by atoms with Gasteiger partial charge in [-0.1, -0.05) is 41.4 Å². The summed E-state index contributed by atoms with van der Waals surface area (Å²) < 4.78 is -0.926. The first kappa shape index (κ1) is 20.0. The number of halogens is 2. The number of nitrogens with zero attached hydrogens (tertiary/aromatic N) is 3. The van der Waals surface area contributed by atoms with Gasteiger partial charge in [-0.3, -0.25) is 14.7 Å². The van der Waals surface area contributed by atoms with Crippen LogP contribution in [0, 0.1) is 0 Å². The number of carbonyl (C=O) groups is 1. The summed E-state index contributed by atoms with van der Waals surface area (Å²) in [5, 5.41) is 3.85. The number of hydrogen-bond acceptors (Lipinski definition) is 4. The van der Waals surface area contributed by atoms with Crippen molar-refractivity contribution in [3.8, 4) is 11.1 Å². The molecule has 0 atom stereocenters. The van der Waals surface area contributed by atoms with Gasteiger partial charge in [-0.25, -0.2) is 0 Å². The number of anilines is 2. The van der Waals surface area contributed by atoms with Gasteiger partial charge in [-0.15, -0.1) is 0 Å². The van der Waals surface area contributed by atoms with Crippen LogP contribution in [0.1, 0.15) is 6.92 Å². The Morgan fingerprint density at radius 1 is 1.07 bits per heavy atom. The van der Waals surface area contributed by atoms with Gasteiger partial charge in [0.1, 0.15) is 0 Å². The number of fused-ring (bicyclic) bond motifs is 1. The number of nitrogens with one attached hydrogen (secondary N) is 1. The Morgan fingerprint density at radius 3 is 2.48 bits per heavy atom. The quantitative estimate of drug-likeness (QED) is 0.483. The van der Waals surface area contributed by atoms with Crippen molar-refractivity contribution in [1.29, 1.82) is 0 Å². The minimum Gasteiger partial charge on any atom is -0.365 e. The molecule has 0 spiro atoms. The van der Waals surface area contributed by atoms with E-state index in [0.717, 1.165) is 46.5 Å². The molecule has 0 radical (unpaired) electrons. The summed E-state index contributed by atoms with van der Waals surface area (Å²) in [7, 11) is 1.94. The second-order valence-corrected chi connectivity index (χ2v) is 8.77. The maximum Gasteiger partial charge on any atom is 0.221 e.